The number of ether oxygens (including phenoxy) is 1. The molecule has 10 nitrogen and oxygen atoms in total. The molecule has 0 aliphatic heterocycles. The van der Waals surface area contributed by atoms with Gasteiger partial charge in [-0.1, -0.05) is 23.4 Å². The van der Waals surface area contributed by atoms with Gasteiger partial charge in [-0.25, -0.2) is 9.97 Å². The second-order valence-electron chi connectivity index (χ2n) is 8.05. The largest absolute Gasteiger partial charge is 0.491 e. The lowest BCUT2D eigenvalue weighted by atomic mass is 10.2. The minimum atomic E-state index is -0.478. The van der Waals surface area contributed by atoms with Crippen LogP contribution in [0.3, 0.4) is 0 Å². The quantitative estimate of drug-likeness (QED) is 0.225. The van der Waals surface area contributed by atoms with Crippen LogP contribution in [0.4, 0.5) is 11.6 Å². The summed E-state index contributed by atoms with van der Waals surface area (Å²) in [4.78, 5) is 24.8. The highest BCUT2D eigenvalue weighted by Crippen LogP contribution is 2.31. The third kappa shape index (κ3) is 6.10. The molecule has 4 N–H and O–H groups in total. The van der Waals surface area contributed by atoms with Crippen LogP contribution in [0, 0.1) is 10.3 Å². The van der Waals surface area contributed by atoms with Gasteiger partial charge in [0, 0.05) is 30.6 Å². The average Bonchev–Trinajstić information content (AvgIpc) is 3.70. The van der Waals surface area contributed by atoms with E-state index in [1.807, 2.05) is 42.5 Å². The number of aromatic nitrogens is 3. The Bertz CT molecular complexity index is 1120. The minimum absolute atomic E-state index is 0.173. The molecule has 34 heavy (non-hydrogen) atoms. The van der Waals surface area contributed by atoms with Crippen LogP contribution in [0.2, 0.25) is 0 Å². The molecule has 2 aromatic heterocycles. The number of nitrogens with one attached hydrogen (secondary N) is 4. The molecule has 3 aromatic rings. The Labute approximate surface area is 198 Å². The minimum Gasteiger partial charge on any atom is -0.491 e. The summed E-state index contributed by atoms with van der Waals surface area (Å²) in [5.41, 5.74) is 2.23. The molecule has 0 spiro atoms. The molecule has 1 aromatic carbocycles. The zero-order chi connectivity index (χ0) is 23.8. The van der Waals surface area contributed by atoms with Crippen LogP contribution in [0.15, 0.2) is 53.8 Å². The standard InChI is InChI=1S/C24H28N8O2/c1-26-13-19(32-33)15-34-20-7-4-5-16(11-20)22-30-23(28-14-18-6-2-3-10-27-18)21(12-25)24(31-22)29-17-8-9-17/h2-7,10-12,17,19,25-26H,8-9,13-15H2,1H3,(H2,28,29,30,31)/t19-/m0/s1. The molecule has 0 saturated heterocycles. The molecule has 1 aliphatic carbocycles. The predicted octanol–water partition coefficient (Wildman–Crippen LogP) is 3.46. The highest BCUT2D eigenvalue weighted by atomic mass is 16.5. The molecule has 0 amide bonds. The Hall–Kier alpha value is -3.92. The summed E-state index contributed by atoms with van der Waals surface area (Å²) in [5.74, 6) is 2.28. The molecule has 0 unspecified atom stereocenters. The number of likely N-dealkylation sites (N-methyl/N-ethyl adjacent to an activating group) is 1. The molecular weight excluding hydrogens is 432 g/mol. The monoisotopic (exact) mass is 460 g/mol. The predicted molar refractivity (Wildman–Crippen MR) is 133 cm³/mol. The van der Waals surface area contributed by atoms with Crippen molar-refractivity contribution in [1.82, 2.24) is 20.3 Å². The normalized spacial score (nSPS) is 13.7. The van der Waals surface area contributed by atoms with E-state index < -0.39 is 6.04 Å². The van der Waals surface area contributed by atoms with Gasteiger partial charge in [0.2, 0.25) is 0 Å². The van der Waals surface area contributed by atoms with E-state index in [-0.39, 0.29) is 6.61 Å². The number of nitroso groups, excluding NO2 is 1. The van der Waals surface area contributed by atoms with Gasteiger partial charge in [-0.05, 0) is 44.2 Å². The maximum absolute atomic E-state index is 11.0. The molecule has 176 valence electrons. The van der Waals surface area contributed by atoms with Crippen molar-refractivity contribution in [3.8, 4) is 17.1 Å². The summed E-state index contributed by atoms with van der Waals surface area (Å²) >= 11 is 0. The number of anilines is 2. The van der Waals surface area contributed by atoms with Gasteiger partial charge in [-0.15, -0.1) is 0 Å². The second kappa shape index (κ2) is 11.3. The number of nitrogens with zero attached hydrogens (tertiary/aromatic N) is 4. The fourth-order valence-corrected chi connectivity index (χ4v) is 3.36. The summed E-state index contributed by atoms with van der Waals surface area (Å²) in [5, 5.41) is 20.7. The van der Waals surface area contributed by atoms with Crippen molar-refractivity contribution in [1.29, 1.82) is 5.41 Å². The van der Waals surface area contributed by atoms with Crippen molar-refractivity contribution in [2.75, 3.05) is 30.8 Å². The first-order valence-corrected chi connectivity index (χ1v) is 11.2. The molecule has 2 heterocycles. The number of benzene rings is 1. The molecule has 1 aliphatic rings. The first kappa shape index (κ1) is 23.2. The van der Waals surface area contributed by atoms with Crippen molar-refractivity contribution in [3.05, 3.63) is 64.8 Å². The van der Waals surface area contributed by atoms with Crippen molar-refractivity contribution in [2.24, 2.45) is 5.18 Å². The number of pyridine rings is 1. The van der Waals surface area contributed by atoms with E-state index in [1.54, 1.807) is 13.2 Å². The topological polar surface area (TPSA) is 137 Å². The smallest absolute Gasteiger partial charge is 0.164 e. The van der Waals surface area contributed by atoms with Crippen molar-refractivity contribution < 1.29 is 4.74 Å². The third-order valence-corrected chi connectivity index (χ3v) is 5.29. The Morgan fingerprint density at radius 1 is 1.21 bits per heavy atom. The molecule has 10 heteroatoms. The molecular formula is C24H28N8O2. The molecule has 4 rings (SSSR count). The zero-order valence-electron chi connectivity index (χ0n) is 19.0. The fourth-order valence-electron chi connectivity index (χ4n) is 3.36. The average molecular weight is 461 g/mol. The lowest BCUT2D eigenvalue weighted by Gasteiger charge is -2.16. The van der Waals surface area contributed by atoms with Crippen LogP contribution >= 0.6 is 0 Å². The van der Waals surface area contributed by atoms with E-state index in [2.05, 4.69) is 26.1 Å². The van der Waals surface area contributed by atoms with E-state index in [0.29, 0.717) is 47.9 Å². The lowest BCUT2D eigenvalue weighted by molar-refractivity contribution is 0.286. The van der Waals surface area contributed by atoms with Gasteiger partial charge in [0.1, 0.15) is 30.0 Å². The number of hydrogen-bond acceptors (Lipinski definition) is 10. The third-order valence-electron chi connectivity index (χ3n) is 5.29. The van der Waals surface area contributed by atoms with Gasteiger partial charge >= 0.3 is 0 Å². The summed E-state index contributed by atoms with van der Waals surface area (Å²) in [6, 6.07) is 13.0. The summed E-state index contributed by atoms with van der Waals surface area (Å²) in [7, 11) is 1.76. The highest BCUT2D eigenvalue weighted by molar-refractivity contribution is 5.91. The van der Waals surface area contributed by atoms with Crippen LogP contribution in [-0.2, 0) is 6.54 Å². The molecule has 0 bridgehead atoms. The summed E-state index contributed by atoms with van der Waals surface area (Å²) in [6.45, 7) is 1.08. The van der Waals surface area contributed by atoms with Gasteiger partial charge in [0.25, 0.3) is 0 Å². The van der Waals surface area contributed by atoms with Crippen LogP contribution in [0.5, 0.6) is 5.75 Å². The number of rotatable bonds is 13. The van der Waals surface area contributed by atoms with E-state index in [9.17, 15) is 4.91 Å². The second-order valence-corrected chi connectivity index (χ2v) is 8.05. The SMILES string of the molecule is CNC[C@@H](COc1cccc(-c2nc(NCc3ccccn3)c(C=N)c(NC3CC3)n2)c1)N=O. The highest BCUT2D eigenvalue weighted by Gasteiger charge is 2.24. The Balaban J connectivity index is 1.61. The Morgan fingerprint density at radius 2 is 2.06 bits per heavy atom. The van der Waals surface area contributed by atoms with Crippen LogP contribution in [-0.4, -0.2) is 53.4 Å². The van der Waals surface area contributed by atoms with Crippen molar-refractivity contribution in [3.63, 3.8) is 0 Å². The van der Waals surface area contributed by atoms with Crippen LogP contribution in [0.1, 0.15) is 24.1 Å². The van der Waals surface area contributed by atoms with Crippen LogP contribution in [0.25, 0.3) is 11.4 Å². The first-order valence-electron chi connectivity index (χ1n) is 11.2. The summed E-state index contributed by atoms with van der Waals surface area (Å²) < 4.78 is 5.79. The molecule has 1 atom stereocenters. The fraction of sp³-hybridized carbons (Fsp3) is 0.333. The molecule has 1 saturated carbocycles. The van der Waals surface area contributed by atoms with Gasteiger partial charge in [-0.3, -0.25) is 4.98 Å². The van der Waals surface area contributed by atoms with E-state index in [1.165, 1.54) is 6.21 Å². The number of hydrogen-bond donors (Lipinski definition) is 4. The zero-order valence-corrected chi connectivity index (χ0v) is 19.0. The lowest BCUT2D eigenvalue weighted by Crippen LogP contribution is -2.27. The molecule has 1 fully saturated rings. The van der Waals surface area contributed by atoms with E-state index >= 15 is 0 Å². The van der Waals surface area contributed by atoms with Crippen molar-refractivity contribution in [2.45, 2.75) is 31.5 Å². The molecule has 0 radical (unpaired) electrons. The van der Waals surface area contributed by atoms with Gasteiger partial charge in [0.05, 0.1) is 17.8 Å². The Kier molecular flexibility index (Phi) is 7.71. The van der Waals surface area contributed by atoms with E-state index in [4.69, 9.17) is 20.1 Å². The van der Waals surface area contributed by atoms with Crippen LogP contribution < -0.4 is 20.7 Å². The van der Waals surface area contributed by atoms with Crippen molar-refractivity contribution >= 4 is 17.9 Å². The first-order chi connectivity index (χ1) is 16.7. The Morgan fingerprint density at radius 3 is 2.76 bits per heavy atom. The van der Waals surface area contributed by atoms with E-state index in [0.717, 1.165) is 24.1 Å². The summed E-state index contributed by atoms with van der Waals surface area (Å²) in [6.07, 6.45) is 5.17. The van der Waals surface area contributed by atoms with Gasteiger partial charge in [-0.2, -0.15) is 4.91 Å². The maximum atomic E-state index is 11.0. The maximum Gasteiger partial charge on any atom is 0.164 e. The van der Waals surface area contributed by atoms with Gasteiger partial charge < -0.3 is 26.1 Å². The van der Waals surface area contributed by atoms with Gasteiger partial charge in [0.15, 0.2) is 5.82 Å².